The van der Waals surface area contributed by atoms with E-state index in [1.807, 2.05) is 24.3 Å². The lowest BCUT2D eigenvalue weighted by Gasteiger charge is -2.25. The monoisotopic (exact) mass is 435 g/mol. The summed E-state index contributed by atoms with van der Waals surface area (Å²) in [5.41, 5.74) is 1.91. The molecular weight excluding hydrogens is 418 g/mol. The number of halogens is 1. The van der Waals surface area contributed by atoms with Gasteiger partial charge in [0.1, 0.15) is 18.4 Å². The van der Waals surface area contributed by atoms with Gasteiger partial charge in [0.15, 0.2) is 6.10 Å². The molecule has 2 heterocycles. The van der Waals surface area contributed by atoms with Crippen LogP contribution < -0.4 is 14.4 Å². The van der Waals surface area contributed by atoms with Crippen molar-refractivity contribution in [1.29, 1.82) is 0 Å². The molecule has 3 aromatic rings. The molecule has 1 aromatic heterocycles. The van der Waals surface area contributed by atoms with E-state index in [1.54, 1.807) is 48.4 Å². The highest BCUT2D eigenvalue weighted by Gasteiger charge is 2.44. The quantitative estimate of drug-likeness (QED) is 0.482. The average Bonchev–Trinajstić information content (AvgIpc) is 3.14. The van der Waals surface area contributed by atoms with Gasteiger partial charge in [-0.25, -0.2) is 14.6 Å². The van der Waals surface area contributed by atoms with E-state index in [0.29, 0.717) is 28.0 Å². The lowest BCUT2D eigenvalue weighted by Crippen LogP contribution is -2.31. The molecule has 0 aliphatic carbocycles. The van der Waals surface area contributed by atoms with E-state index < -0.39 is 18.2 Å². The molecule has 156 valence electrons. The van der Waals surface area contributed by atoms with Crippen molar-refractivity contribution in [3.63, 3.8) is 0 Å². The van der Waals surface area contributed by atoms with E-state index in [9.17, 15) is 4.79 Å². The summed E-state index contributed by atoms with van der Waals surface area (Å²) in [6.07, 6.45) is 0.348. The molecule has 1 saturated heterocycles. The Morgan fingerprint density at radius 1 is 1.19 bits per heavy atom. The minimum absolute atomic E-state index is 0.0854. The first-order valence-electron chi connectivity index (χ1n) is 9.44. The largest absolute Gasteiger partial charge is 0.497 e. The lowest BCUT2D eigenvalue weighted by molar-refractivity contribution is 0.0901. The van der Waals surface area contributed by atoms with Crippen LogP contribution in [-0.2, 0) is 4.74 Å². The van der Waals surface area contributed by atoms with Gasteiger partial charge in [0.2, 0.25) is 11.6 Å². The van der Waals surface area contributed by atoms with E-state index >= 15 is 0 Å². The van der Waals surface area contributed by atoms with Gasteiger partial charge < -0.3 is 14.2 Å². The minimum atomic E-state index is -0.599. The van der Waals surface area contributed by atoms with Gasteiger partial charge >= 0.3 is 6.09 Å². The Bertz CT molecular complexity index is 1110. The van der Waals surface area contributed by atoms with Crippen LogP contribution in [0.1, 0.15) is 11.6 Å². The number of ether oxygens (including phenoxy) is 3. The van der Waals surface area contributed by atoms with Crippen LogP contribution in [0.3, 0.4) is 0 Å². The van der Waals surface area contributed by atoms with Crippen LogP contribution in [0, 0.1) is 6.57 Å². The third kappa shape index (κ3) is 4.39. The van der Waals surface area contributed by atoms with Crippen LogP contribution in [0.2, 0.25) is 5.02 Å². The summed E-state index contributed by atoms with van der Waals surface area (Å²) in [6.45, 7) is 7.09. The number of aromatic nitrogens is 1. The van der Waals surface area contributed by atoms with Gasteiger partial charge in [-0.1, -0.05) is 23.7 Å². The van der Waals surface area contributed by atoms with Gasteiger partial charge in [0, 0.05) is 16.9 Å². The normalized spacial score (nSPS) is 17.7. The first kappa shape index (κ1) is 20.5. The van der Waals surface area contributed by atoms with Crippen molar-refractivity contribution in [2.24, 2.45) is 0 Å². The Balaban J connectivity index is 1.64. The number of hydrogen-bond acceptors (Lipinski definition) is 5. The van der Waals surface area contributed by atoms with E-state index in [-0.39, 0.29) is 6.61 Å². The molecule has 1 aliphatic heterocycles. The van der Waals surface area contributed by atoms with Gasteiger partial charge in [0.25, 0.3) is 0 Å². The van der Waals surface area contributed by atoms with Crippen molar-refractivity contribution in [3.8, 4) is 11.6 Å². The maximum atomic E-state index is 12.8. The van der Waals surface area contributed by atoms with E-state index in [1.165, 1.54) is 6.20 Å². The number of carbonyl (C=O) groups is 1. The number of benzene rings is 2. The Kier molecular flexibility index (Phi) is 5.92. The number of rotatable bonds is 6. The summed E-state index contributed by atoms with van der Waals surface area (Å²) >= 11 is 6.02. The van der Waals surface area contributed by atoms with E-state index in [2.05, 4.69) is 9.83 Å². The van der Waals surface area contributed by atoms with Crippen LogP contribution >= 0.6 is 11.6 Å². The van der Waals surface area contributed by atoms with Gasteiger partial charge in [-0.05, 0) is 54.1 Å². The second-order valence-electron chi connectivity index (χ2n) is 6.77. The van der Waals surface area contributed by atoms with Gasteiger partial charge in [-0.3, -0.25) is 4.90 Å². The zero-order valence-electron chi connectivity index (χ0n) is 16.6. The summed E-state index contributed by atoms with van der Waals surface area (Å²) < 4.78 is 16.8. The fraction of sp³-hybridized carbons (Fsp3) is 0.174. The molecule has 8 heteroatoms. The van der Waals surface area contributed by atoms with Crippen molar-refractivity contribution in [3.05, 3.63) is 88.9 Å². The molecule has 2 aromatic carbocycles. The molecular formula is C23H18ClN3O4. The molecule has 4 rings (SSSR count). The Morgan fingerprint density at radius 3 is 2.68 bits per heavy atom. The number of nitrogens with zero attached hydrogens (tertiary/aromatic N) is 3. The van der Waals surface area contributed by atoms with Crippen LogP contribution in [0.4, 0.5) is 16.2 Å². The maximum absolute atomic E-state index is 12.8. The summed E-state index contributed by atoms with van der Waals surface area (Å²) in [5, 5.41) is 0.572. The first-order valence-corrected chi connectivity index (χ1v) is 9.82. The highest BCUT2D eigenvalue weighted by Crippen LogP contribution is 2.39. The van der Waals surface area contributed by atoms with Crippen molar-refractivity contribution >= 4 is 29.1 Å². The third-order valence-corrected chi connectivity index (χ3v) is 5.12. The zero-order chi connectivity index (χ0) is 21.8. The summed E-state index contributed by atoms with van der Waals surface area (Å²) in [6, 6.07) is 17.2. The van der Waals surface area contributed by atoms with Gasteiger partial charge in [-0.15, -0.1) is 0 Å². The summed E-state index contributed by atoms with van der Waals surface area (Å²) in [5.74, 6) is 1.02. The highest BCUT2D eigenvalue weighted by atomic mass is 35.5. The Morgan fingerprint density at radius 2 is 2.00 bits per heavy atom. The van der Waals surface area contributed by atoms with Crippen molar-refractivity contribution in [1.82, 2.24) is 4.98 Å². The van der Waals surface area contributed by atoms with Crippen molar-refractivity contribution in [2.75, 3.05) is 18.6 Å². The van der Waals surface area contributed by atoms with Crippen LogP contribution in [0.5, 0.6) is 11.6 Å². The SMILES string of the molecule is [C-]#[N+]c1ccc(OC[C@@H]2OC(=O)N(c3ccc(Cl)cc3)[C@H]2c2cccc(OC)c2)nc1. The molecule has 31 heavy (non-hydrogen) atoms. The first-order chi connectivity index (χ1) is 15.1. The molecule has 1 aliphatic rings. The number of cyclic esters (lactones) is 1. The van der Waals surface area contributed by atoms with E-state index in [0.717, 1.165) is 5.56 Å². The minimum Gasteiger partial charge on any atom is -0.497 e. The van der Waals surface area contributed by atoms with Crippen LogP contribution in [0.15, 0.2) is 66.9 Å². The smallest absolute Gasteiger partial charge is 0.415 e. The predicted octanol–water partition coefficient (Wildman–Crippen LogP) is 5.44. The van der Waals surface area contributed by atoms with Gasteiger partial charge in [0.05, 0.1) is 13.7 Å². The molecule has 1 fully saturated rings. The summed E-state index contributed by atoms with van der Waals surface area (Å²) in [4.78, 5) is 21.8. The lowest BCUT2D eigenvalue weighted by atomic mass is 10.00. The fourth-order valence-corrected chi connectivity index (χ4v) is 3.53. The molecule has 2 atom stereocenters. The number of hydrogen-bond donors (Lipinski definition) is 0. The maximum Gasteiger partial charge on any atom is 0.415 e. The molecule has 0 radical (unpaired) electrons. The molecule has 0 N–H and O–H groups in total. The molecule has 0 unspecified atom stereocenters. The number of carbonyl (C=O) groups excluding carboxylic acids is 1. The topological polar surface area (TPSA) is 65.2 Å². The Labute approximate surface area is 184 Å². The fourth-order valence-electron chi connectivity index (χ4n) is 3.40. The highest BCUT2D eigenvalue weighted by molar-refractivity contribution is 6.30. The molecule has 1 amide bonds. The van der Waals surface area contributed by atoms with Crippen LogP contribution in [0.25, 0.3) is 4.85 Å². The molecule has 0 saturated carbocycles. The standard InChI is InChI=1S/C23H18ClN3O4/c1-25-17-8-11-21(26-13-17)30-14-20-22(15-4-3-5-19(12-15)29-2)27(23(28)31-20)18-9-6-16(24)7-10-18/h3-13,20,22H,14H2,2H3/t20-,22-/m0/s1. The molecule has 0 bridgehead atoms. The number of amides is 1. The van der Waals surface area contributed by atoms with Crippen molar-refractivity contribution < 1.29 is 19.0 Å². The number of anilines is 1. The van der Waals surface area contributed by atoms with Gasteiger partial charge in [-0.2, -0.15) is 0 Å². The van der Waals surface area contributed by atoms with E-state index in [4.69, 9.17) is 32.4 Å². The number of pyridine rings is 1. The molecule has 0 spiro atoms. The molecule has 7 nitrogen and oxygen atoms in total. The second-order valence-corrected chi connectivity index (χ2v) is 7.20. The average molecular weight is 436 g/mol. The second kappa shape index (κ2) is 8.94. The Hall–Kier alpha value is -3.76. The predicted molar refractivity (Wildman–Crippen MR) is 116 cm³/mol. The third-order valence-electron chi connectivity index (χ3n) is 4.86. The van der Waals surface area contributed by atoms with Crippen LogP contribution in [-0.4, -0.2) is 30.9 Å². The number of methoxy groups -OCH3 is 1. The van der Waals surface area contributed by atoms with Crippen molar-refractivity contribution in [2.45, 2.75) is 12.1 Å². The summed E-state index contributed by atoms with van der Waals surface area (Å²) in [7, 11) is 1.59. The zero-order valence-corrected chi connectivity index (χ0v) is 17.3.